The molecule has 4 aromatic rings. The fourth-order valence-corrected chi connectivity index (χ4v) is 5.32. The molecule has 5 rings (SSSR count). The molecule has 1 saturated heterocycles. The second kappa shape index (κ2) is 15.5. The number of rotatable bonds is 10. The van der Waals surface area contributed by atoms with E-state index in [4.69, 9.17) is 23.7 Å². The highest BCUT2D eigenvalue weighted by molar-refractivity contribution is 8.04. The highest BCUT2D eigenvalue weighted by atomic mass is 32.2. The van der Waals surface area contributed by atoms with Crippen molar-refractivity contribution in [2.24, 2.45) is 0 Å². The molecule has 0 spiro atoms. The normalized spacial score (nSPS) is 20.4. The van der Waals surface area contributed by atoms with E-state index in [9.17, 15) is 24.4 Å². The third-order valence-electron chi connectivity index (χ3n) is 6.91. The lowest BCUT2D eigenvalue weighted by atomic mass is 9.98. The average Bonchev–Trinajstić information content (AvgIpc) is 3.11. The molecule has 1 heterocycles. The first-order valence-electron chi connectivity index (χ1n) is 14.1. The quantitative estimate of drug-likeness (QED) is 0.124. The van der Waals surface area contributed by atoms with Crippen LogP contribution in [0, 0.1) is 10.7 Å². The minimum Gasteiger partial charge on any atom is -0.459 e. The Balaban J connectivity index is 1.52. The van der Waals surface area contributed by atoms with E-state index in [-0.39, 0.29) is 22.3 Å². The topological polar surface area (TPSA) is 138 Å². The molecule has 5 atom stereocenters. The lowest BCUT2D eigenvalue weighted by Gasteiger charge is -2.43. The number of carbonyl (C=O) groups is 4. The number of carbonyl (C=O) groups excluding carboxylic acids is 4. The molecule has 0 aliphatic carbocycles. The molecule has 0 saturated carbocycles. The van der Waals surface area contributed by atoms with Crippen LogP contribution in [0.2, 0.25) is 0 Å². The molecule has 11 heteroatoms. The molecule has 10 nitrogen and oxygen atoms in total. The summed E-state index contributed by atoms with van der Waals surface area (Å²) >= 11 is 0.610. The second-order valence-electron chi connectivity index (χ2n) is 9.92. The van der Waals surface area contributed by atoms with Crippen molar-refractivity contribution in [3.05, 3.63) is 144 Å². The van der Waals surface area contributed by atoms with Gasteiger partial charge in [0.05, 0.1) is 22.3 Å². The maximum Gasteiger partial charge on any atom is 0.338 e. The van der Waals surface area contributed by atoms with Crippen LogP contribution in [0.3, 0.4) is 0 Å². The molecule has 1 aliphatic rings. The third kappa shape index (κ3) is 7.98. The Labute approximate surface area is 268 Å². The summed E-state index contributed by atoms with van der Waals surface area (Å²) in [6.45, 7) is -0.457. The van der Waals surface area contributed by atoms with Crippen LogP contribution in [-0.2, 0) is 23.7 Å². The van der Waals surface area contributed by atoms with Crippen molar-refractivity contribution in [1.82, 2.24) is 0 Å². The Hall–Kier alpha value is -5.44. The summed E-state index contributed by atoms with van der Waals surface area (Å²) in [4.78, 5) is 53.0. The molecule has 0 unspecified atom stereocenters. The van der Waals surface area contributed by atoms with Crippen molar-refractivity contribution in [3.8, 4) is 5.40 Å². The molecule has 4 aromatic carbocycles. The minimum absolute atomic E-state index is 0.173. The van der Waals surface area contributed by atoms with E-state index in [0.717, 1.165) is 0 Å². The highest BCUT2D eigenvalue weighted by Gasteiger charge is 2.53. The molecule has 0 aromatic heterocycles. The zero-order chi connectivity index (χ0) is 32.3. The van der Waals surface area contributed by atoms with E-state index in [1.165, 1.54) is 36.4 Å². The lowest BCUT2D eigenvalue weighted by Crippen LogP contribution is -2.61. The van der Waals surface area contributed by atoms with E-state index < -0.39 is 60.3 Å². The molecule has 0 amide bonds. The van der Waals surface area contributed by atoms with Gasteiger partial charge in [0, 0.05) is 0 Å². The van der Waals surface area contributed by atoms with Crippen LogP contribution >= 0.6 is 11.8 Å². The smallest absolute Gasteiger partial charge is 0.338 e. The zero-order valence-electron chi connectivity index (χ0n) is 24.2. The van der Waals surface area contributed by atoms with Crippen LogP contribution in [0.15, 0.2) is 121 Å². The summed E-state index contributed by atoms with van der Waals surface area (Å²) < 4.78 is 29.4. The van der Waals surface area contributed by atoms with Crippen molar-refractivity contribution < 1.29 is 42.9 Å². The molecule has 1 fully saturated rings. The summed E-state index contributed by atoms with van der Waals surface area (Å²) in [6.07, 6.45) is -5.62. The Morgan fingerprint density at radius 3 is 1.35 bits per heavy atom. The number of hydrogen-bond donors (Lipinski definition) is 0. The van der Waals surface area contributed by atoms with E-state index >= 15 is 0 Å². The van der Waals surface area contributed by atoms with Gasteiger partial charge in [-0.2, -0.15) is 5.26 Å². The van der Waals surface area contributed by atoms with Crippen LogP contribution in [0.5, 0.6) is 0 Å². The molecule has 46 heavy (non-hydrogen) atoms. The van der Waals surface area contributed by atoms with Gasteiger partial charge in [-0.05, 0) is 60.3 Å². The molecular weight excluding hydrogens is 610 g/mol. The number of benzene rings is 4. The van der Waals surface area contributed by atoms with E-state index in [1.807, 2.05) is 5.40 Å². The summed E-state index contributed by atoms with van der Waals surface area (Å²) in [5.74, 6) is -3.08. The molecule has 0 N–H and O–H groups in total. The van der Waals surface area contributed by atoms with Gasteiger partial charge in [-0.15, -0.1) is 0 Å². The summed E-state index contributed by atoms with van der Waals surface area (Å²) in [5.41, 5.74) is -0.430. The van der Waals surface area contributed by atoms with Gasteiger partial charge in [-0.1, -0.05) is 72.8 Å². The van der Waals surface area contributed by atoms with Crippen molar-refractivity contribution in [2.45, 2.75) is 29.9 Å². The first-order valence-corrected chi connectivity index (χ1v) is 15.0. The van der Waals surface area contributed by atoms with Gasteiger partial charge < -0.3 is 23.7 Å². The van der Waals surface area contributed by atoms with Crippen LogP contribution in [0.4, 0.5) is 0 Å². The monoisotopic (exact) mass is 637 g/mol. The molecule has 1 aliphatic heterocycles. The van der Waals surface area contributed by atoms with Crippen molar-refractivity contribution in [2.75, 3.05) is 6.61 Å². The van der Waals surface area contributed by atoms with Crippen LogP contribution in [-0.4, -0.2) is 60.3 Å². The van der Waals surface area contributed by atoms with Gasteiger partial charge in [0.1, 0.15) is 18.1 Å². The number of esters is 4. The summed E-state index contributed by atoms with van der Waals surface area (Å²) in [5, 5.41) is 11.6. The van der Waals surface area contributed by atoms with Gasteiger partial charge in [0.25, 0.3) is 0 Å². The van der Waals surface area contributed by atoms with E-state index in [1.54, 1.807) is 84.9 Å². The maximum atomic E-state index is 13.4. The number of hydrogen-bond acceptors (Lipinski definition) is 11. The van der Waals surface area contributed by atoms with Crippen LogP contribution in [0.1, 0.15) is 41.4 Å². The standard InChI is InChI=1S/C35H27NO9S/c36-22-46-35-30(45-34(40)26-19-11-4-12-20-26)29(44-33(39)25-17-9-3-10-18-25)28(43-32(38)24-15-7-2-8-16-24)27(42-35)21-41-31(37)23-13-5-1-6-14-23/h1-20,27-30,35H,21H2/t27-,28-,29+,30+,35+/m1/s1. The zero-order valence-corrected chi connectivity index (χ0v) is 25.0. The van der Waals surface area contributed by atoms with Crippen molar-refractivity contribution in [3.63, 3.8) is 0 Å². The minimum atomic E-state index is -1.49. The average molecular weight is 638 g/mol. The predicted molar refractivity (Wildman–Crippen MR) is 166 cm³/mol. The number of nitrogens with zero attached hydrogens (tertiary/aromatic N) is 1. The molecule has 0 bridgehead atoms. The SMILES string of the molecule is N#CS[C@@H]1O[C@H](COC(=O)c2ccccc2)[C@@H](OC(=O)c2ccccc2)[C@H](OC(=O)c2ccccc2)[C@@H]1OC(=O)c1ccccc1. The fourth-order valence-electron chi connectivity index (χ4n) is 4.67. The number of thioether (sulfide) groups is 1. The Morgan fingerprint density at radius 1 is 0.565 bits per heavy atom. The van der Waals surface area contributed by atoms with Gasteiger partial charge in [0.15, 0.2) is 23.7 Å². The lowest BCUT2D eigenvalue weighted by molar-refractivity contribution is -0.207. The number of ether oxygens (including phenoxy) is 5. The van der Waals surface area contributed by atoms with E-state index in [0.29, 0.717) is 11.8 Å². The molecule has 232 valence electrons. The highest BCUT2D eigenvalue weighted by Crippen LogP contribution is 2.35. The van der Waals surface area contributed by atoms with Crippen LogP contribution < -0.4 is 0 Å². The van der Waals surface area contributed by atoms with Crippen molar-refractivity contribution in [1.29, 1.82) is 5.26 Å². The summed E-state index contributed by atoms with van der Waals surface area (Å²) in [6, 6.07) is 32.4. The predicted octanol–water partition coefficient (Wildman–Crippen LogP) is 5.46. The van der Waals surface area contributed by atoms with Gasteiger partial charge >= 0.3 is 23.9 Å². The first kappa shape index (κ1) is 32.0. The Bertz CT molecular complexity index is 1680. The van der Waals surface area contributed by atoms with Gasteiger partial charge in [-0.3, -0.25) is 0 Å². The third-order valence-corrected chi connectivity index (χ3v) is 7.62. The Morgan fingerprint density at radius 2 is 0.935 bits per heavy atom. The number of nitriles is 1. The second-order valence-corrected chi connectivity index (χ2v) is 10.8. The van der Waals surface area contributed by atoms with Crippen molar-refractivity contribution >= 4 is 35.6 Å². The van der Waals surface area contributed by atoms with Crippen LogP contribution in [0.25, 0.3) is 0 Å². The summed E-state index contributed by atoms with van der Waals surface area (Å²) in [7, 11) is 0. The first-order chi connectivity index (χ1) is 22.4. The Kier molecular flexibility index (Phi) is 10.8. The maximum absolute atomic E-state index is 13.4. The van der Waals surface area contributed by atoms with E-state index in [2.05, 4.69) is 0 Å². The molecule has 0 radical (unpaired) electrons. The molecular formula is C35H27NO9S. The van der Waals surface area contributed by atoms with Gasteiger partial charge in [-0.25, -0.2) is 19.2 Å². The largest absolute Gasteiger partial charge is 0.459 e. The number of thiocyanates is 1. The fraction of sp³-hybridized carbons (Fsp3) is 0.171. The van der Waals surface area contributed by atoms with Gasteiger partial charge in [0.2, 0.25) is 0 Å².